The number of nitrogens with two attached hydrogens (primary N) is 1. The summed E-state index contributed by atoms with van der Waals surface area (Å²) in [5.41, 5.74) is 6.90. The van der Waals surface area contributed by atoms with Crippen molar-refractivity contribution < 1.29 is 4.79 Å². The van der Waals surface area contributed by atoms with Crippen LogP contribution in [0.1, 0.15) is 25.5 Å². The second-order valence-electron chi connectivity index (χ2n) is 3.39. The molecule has 4 heteroatoms. The molecule has 4 N–H and O–H groups in total. The molecule has 0 fully saturated rings. The van der Waals surface area contributed by atoms with E-state index in [0.29, 0.717) is 0 Å². The Balaban J connectivity index is 2.77. The zero-order chi connectivity index (χ0) is 11.3. The summed E-state index contributed by atoms with van der Waals surface area (Å²) >= 11 is 0. The van der Waals surface area contributed by atoms with Gasteiger partial charge in [-0.2, -0.15) is 0 Å². The van der Waals surface area contributed by atoms with Crippen molar-refractivity contribution in [1.29, 1.82) is 0 Å². The second kappa shape index (κ2) is 5.36. The lowest BCUT2D eigenvalue weighted by Gasteiger charge is -2.13. The molecule has 1 rings (SSSR count). The average molecular weight is 207 g/mol. The van der Waals surface area contributed by atoms with Crippen LogP contribution in [0.15, 0.2) is 24.3 Å². The number of urea groups is 1. The number of primary amides is 1. The molecular formula is C11H17N3O. The molecule has 0 saturated heterocycles. The minimum Gasteiger partial charge on any atom is -0.351 e. The largest absolute Gasteiger partial charge is 0.351 e. The first kappa shape index (κ1) is 11.5. The standard InChI is InChI=1S/C11H17N3O/c1-3-13-8(2)9-5-4-6-10(7-9)14-11(12)15/h4-8,13H,3H2,1-2H3,(H3,12,14,15). The molecule has 1 atom stereocenters. The van der Waals surface area contributed by atoms with Crippen LogP contribution in [-0.2, 0) is 0 Å². The number of carbonyl (C=O) groups is 1. The normalized spacial score (nSPS) is 12.1. The Kier molecular flexibility index (Phi) is 4.12. The number of anilines is 1. The maximum Gasteiger partial charge on any atom is 0.316 e. The number of carbonyl (C=O) groups excluding carboxylic acids is 1. The Bertz CT molecular complexity index is 338. The first-order valence-electron chi connectivity index (χ1n) is 5.03. The van der Waals surface area contributed by atoms with Crippen LogP contribution < -0.4 is 16.4 Å². The van der Waals surface area contributed by atoms with E-state index in [-0.39, 0.29) is 6.04 Å². The van der Waals surface area contributed by atoms with E-state index in [1.165, 1.54) is 0 Å². The summed E-state index contributed by atoms with van der Waals surface area (Å²) in [7, 11) is 0. The van der Waals surface area contributed by atoms with E-state index in [4.69, 9.17) is 5.73 Å². The molecule has 15 heavy (non-hydrogen) atoms. The summed E-state index contributed by atoms with van der Waals surface area (Å²) in [5, 5.41) is 5.85. The summed E-state index contributed by atoms with van der Waals surface area (Å²) < 4.78 is 0. The van der Waals surface area contributed by atoms with Crippen LogP contribution in [0, 0.1) is 0 Å². The Morgan fingerprint density at radius 3 is 2.87 bits per heavy atom. The highest BCUT2D eigenvalue weighted by Crippen LogP contribution is 2.16. The highest BCUT2D eigenvalue weighted by Gasteiger charge is 2.04. The van der Waals surface area contributed by atoms with Crippen LogP contribution in [0.3, 0.4) is 0 Å². The Labute approximate surface area is 89.9 Å². The molecule has 1 unspecified atom stereocenters. The SMILES string of the molecule is CCNC(C)c1cccc(NC(N)=O)c1. The molecule has 0 bridgehead atoms. The lowest BCUT2D eigenvalue weighted by molar-refractivity contribution is 0.259. The van der Waals surface area contributed by atoms with Gasteiger partial charge in [0.2, 0.25) is 0 Å². The number of hydrogen-bond donors (Lipinski definition) is 3. The van der Waals surface area contributed by atoms with E-state index < -0.39 is 6.03 Å². The van der Waals surface area contributed by atoms with Crippen LogP contribution >= 0.6 is 0 Å². The van der Waals surface area contributed by atoms with Gasteiger partial charge >= 0.3 is 6.03 Å². The van der Waals surface area contributed by atoms with Crippen molar-refractivity contribution in [3.05, 3.63) is 29.8 Å². The molecular weight excluding hydrogens is 190 g/mol. The molecule has 2 amide bonds. The van der Waals surface area contributed by atoms with Gasteiger partial charge in [0.1, 0.15) is 0 Å². The van der Waals surface area contributed by atoms with Crippen molar-refractivity contribution in [2.45, 2.75) is 19.9 Å². The third-order valence-corrected chi connectivity index (χ3v) is 2.16. The van der Waals surface area contributed by atoms with Gasteiger partial charge in [0.15, 0.2) is 0 Å². The van der Waals surface area contributed by atoms with Crippen molar-refractivity contribution in [3.63, 3.8) is 0 Å². The molecule has 0 aliphatic heterocycles. The molecule has 0 spiro atoms. The zero-order valence-corrected chi connectivity index (χ0v) is 9.08. The predicted octanol–water partition coefficient (Wildman–Crippen LogP) is 1.85. The van der Waals surface area contributed by atoms with Gasteiger partial charge in [0.25, 0.3) is 0 Å². The fourth-order valence-electron chi connectivity index (χ4n) is 1.45. The number of benzene rings is 1. The van der Waals surface area contributed by atoms with Gasteiger partial charge < -0.3 is 16.4 Å². The van der Waals surface area contributed by atoms with E-state index in [2.05, 4.69) is 24.5 Å². The molecule has 0 saturated carbocycles. The zero-order valence-electron chi connectivity index (χ0n) is 9.08. The minimum absolute atomic E-state index is 0.268. The first-order valence-corrected chi connectivity index (χ1v) is 5.03. The van der Waals surface area contributed by atoms with Crippen molar-refractivity contribution in [1.82, 2.24) is 5.32 Å². The molecule has 0 aromatic heterocycles. The number of nitrogens with one attached hydrogen (secondary N) is 2. The minimum atomic E-state index is -0.539. The van der Waals surface area contributed by atoms with Gasteiger partial charge in [-0.25, -0.2) is 4.79 Å². The van der Waals surface area contributed by atoms with Crippen LogP contribution in [0.4, 0.5) is 10.5 Å². The van der Waals surface area contributed by atoms with E-state index in [1.807, 2.05) is 24.3 Å². The molecule has 0 aliphatic rings. The molecule has 4 nitrogen and oxygen atoms in total. The topological polar surface area (TPSA) is 67.2 Å². The van der Waals surface area contributed by atoms with Gasteiger partial charge in [-0.3, -0.25) is 0 Å². The Morgan fingerprint density at radius 2 is 2.27 bits per heavy atom. The maximum atomic E-state index is 10.7. The Morgan fingerprint density at radius 1 is 1.53 bits per heavy atom. The highest BCUT2D eigenvalue weighted by atomic mass is 16.2. The van der Waals surface area contributed by atoms with E-state index >= 15 is 0 Å². The average Bonchev–Trinajstić information content (AvgIpc) is 2.17. The van der Waals surface area contributed by atoms with Crippen LogP contribution in [-0.4, -0.2) is 12.6 Å². The van der Waals surface area contributed by atoms with E-state index in [1.54, 1.807) is 0 Å². The third kappa shape index (κ3) is 3.59. The highest BCUT2D eigenvalue weighted by molar-refractivity contribution is 5.87. The van der Waals surface area contributed by atoms with E-state index in [9.17, 15) is 4.79 Å². The molecule has 1 aromatic carbocycles. The fourth-order valence-corrected chi connectivity index (χ4v) is 1.45. The summed E-state index contributed by atoms with van der Waals surface area (Å²) in [5.74, 6) is 0. The van der Waals surface area contributed by atoms with Gasteiger partial charge in [0.05, 0.1) is 0 Å². The van der Waals surface area contributed by atoms with Crippen molar-refractivity contribution in [2.75, 3.05) is 11.9 Å². The summed E-state index contributed by atoms with van der Waals surface area (Å²) in [6.07, 6.45) is 0. The van der Waals surface area contributed by atoms with E-state index in [0.717, 1.165) is 17.8 Å². The van der Waals surface area contributed by atoms with Gasteiger partial charge in [0, 0.05) is 11.7 Å². The third-order valence-electron chi connectivity index (χ3n) is 2.16. The molecule has 0 heterocycles. The quantitative estimate of drug-likeness (QED) is 0.705. The fraction of sp³-hybridized carbons (Fsp3) is 0.364. The maximum absolute atomic E-state index is 10.7. The second-order valence-corrected chi connectivity index (χ2v) is 3.39. The lowest BCUT2D eigenvalue weighted by atomic mass is 10.1. The first-order chi connectivity index (χ1) is 7.13. The smallest absolute Gasteiger partial charge is 0.316 e. The number of amides is 2. The van der Waals surface area contributed by atoms with Gasteiger partial charge in [-0.15, -0.1) is 0 Å². The monoisotopic (exact) mass is 207 g/mol. The molecule has 1 aromatic rings. The lowest BCUT2D eigenvalue weighted by Crippen LogP contribution is -2.20. The number of hydrogen-bond acceptors (Lipinski definition) is 2. The summed E-state index contributed by atoms with van der Waals surface area (Å²) in [4.78, 5) is 10.7. The van der Waals surface area contributed by atoms with Gasteiger partial charge in [-0.05, 0) is 31.2 Å². The molecule has 0 aliphatic carbocycles. The Hall–Kier alpha value is -1.55. The molecule has 82 valence electrons. The summed E-state index contributed by atoms with van der Waals surface area (Å²) in [6, 6.07) is 7.37. The molecule has 0 radical (unpaired) electrons. The van der Waals surface area contributed by atoms with Crippen LogP contribution in [0.25, 0.3) is 0 Å². The number of rotatable bonds is 4. The van der Waals surface area contributed by atoms with Crippen molar-refractivity contribution in [3.8, 4) is 0 Å². The van der Waals surface area contributed by atoms with Crippen molar-refractivity contribution in [2.24, 2.45) is 5.73 Å². The van der Waals surface area contributed by atoms with Crippen LogP contribution in [0.2, 0.25) is 0 Å². The van der Waals surface area contributed by atoms with Gasteiger partial charge in [-0.1, -0.05) is 19.1 Å². The van der Waals surface area contributed by atoms with Crippen molar-refractivity contribution >= 4 is 11.7 Å². The van der Waals surface area contributed by atoms with Crippen LogP contribution in [0.5, 0.6) is 0 Å². The summed E-state index contributed by atoms with van der Waals surface area (Å²) in [6.45, 7) is 5.05. The predicted molar refractivity (Wildman–Crippen MR) is 61.7 cm³/mol.